The number of methoxy groups -OCH3 is 1. The van der Waals surface area contributed by atoms with Crippen LogP contribution in [-0.4, -0.2) is 31.0 Å². The number of piperidine rings is 1. The minimum atomic E-state index is 0.138. The van der Waals surface area contributed by atoms with Gasteiger partial charge in [-0.15, -0.1) is 0 Å². The molecule has 1 aliphatic heterocycles. The van der Waals surface area contributed by atoms with Crippen LogP contribution in [0.3, 0.4) is 0 Å². The zero-order valence-corrected chi connectivity index (χ0v) is 13.3. The fourth-order valence-corrected chi connectivity index (χ4v) is 2.81. The molecule has 1 fully saturated rings. The Balaban J connectivity index is 1.64. The molecule has 0 aliphatic carbocycles. The van der Waals surface area contributed by atoms with Gasteiger partial charge in [-0.25, -0.2) is 0 Å². The molecule has 0 unspecified atom stereocenters. The lowest BCUT2D eigenvalue weighted by atomic mass is 9.98. The quantitative estimate of drug-likeness (QED) is 0.758. The van der Waals surface area contributed by atoms with E-state index in [1.54, 1.807) is 7.11 Å². The third kappa shape index (κ3) is 4.77. The summed E-state index contributed by atoms with van der Waals surface area (Å²) in [5.74, 6) is 1.25. The lowest BCUT2D eigenvalue weighted by molar-refractivity contribution is -0.132. The highest BCUT2D eigenvalue weighted by Gasteiger charge is 2.21. The van der Waals surface area contributed by atoms with Gasteiger partial charge in [0.05, 0.1) is 13.2 Å². The maximum Gasteiger partial charge on any atom is 0.222 e. The van der Waals surface area contributed by atoms with E-state index in [0.29, 0.717) is 6.42 Å². The zero-order chi connectivity index (χ0) is 15.8. The van der Waals surface area contributed by atoms with E-state index in [-0.39, 0.29) is 11.8 Å². The number of hydrogen-bond acceptors (Lipinski definition) is 3. The monoisotopic (exact) mass is 300 g/mol. The van der Waals surface area contributed by atoms with Crippen LogP contribution in [0.2, 0.25) is 0 Å². The van der Waals surface area contributed by atoms with Crippen molar-refractivity contribution >= 4 is 5.91 Å². The maximum absolute atomic E-state index is 12.1. The number of carbonyl (C=O) groups excluding carboxylic acids is 1. The highest BCUT2D eigenvalue weighted by Crippen LogP contribution is 2.18. The molecule has 0 bridgehead atoms. The molecule has 22 heavy (non-hydrogen) atoms. The van der Waals surface area contributed by atoms with Crippen LogP contribution in [0.25, 0.3) is 0 Å². The Kier molecular flexibility index (Phi) is 6.27. The highest BCUT2D eigenvalue weighted by molar-refractivity contribution is 5.76. The Morgan fingerprint density at radius 3 is 2.55 bits per heavy atom. The van der Waals surface area contributed by atoms with Crippen molar-refractivity contribution in [1.29, 1.82) is 5.26 Å². The number of nitrogens with zero attached hydrogens (tertiary/aromatic N) is 2. The number of likely N-dealkylation sites (tertiary alicyclic amines) is 1. The standard InChI is InChI=1S/C18H24N2O2/c1-22-17-8-6-15(7-9-17)4-2-3-5-18(21)20-12-10-16(14-19)11-13-20/h6-9,16H,2-5,10-13H2,1H3. The van der Waals surface area contributed by atoms with Crippen LogP contribution in [0, 0.1) is 17.2 Å². The number of nitriles is 1. The first kappa shape index (κ1) is 16.4. The Morgan fingerprint density at radius 1 is 1.27 bits per heavy atom. The lowest BCUT2D eigenvalue weighted by Gasteiger charge is -2.29. The third-order valence-corrected chi connectivity index (χ3v) is 4.30. The molecule has 0 aromatic heterocycles. The van der Waals surface area contributed by atoms with Gasteiger partial charge in [0, 0.05) is 25.4 Å². The Morgan fingerprint density at radius 2 is 1.95 bits per heavy atom. The van der Waals surface area contributed by atoms with E-state index in [4.69, 9.17) is 10.00 Å². The van der Waals surface area contributed by atoms with Crippen LogP contribution >= 0.6 is 0 Å². The van der Waals surface area contributed by atoms with Gasteiger partial charge >= 0.3 is 0 Å². The Labute approximate surface area is 132 Å². The second kappa shape index (κ2) is 8.43. The number of amides is 1. The highest BCUT2D eigenvalue weighted by atomic mass is 16.5. The lowest BCUT2D eigenvalue weighted by Crippen LogP contribution is -2.38. The number of hydrogen-bond donors (Lipinski definition) is 0. The summed E-state index contributed by atoms with van der Waals surface area (Å²) >= 11 is 0. The van der Waals surface area contributed by atoms with E-state index in [1.165, 1.54) is 5.56 Å². The number of benzene rings is 1. The third-order valence-electron chi connectivity index (χ3n) is 4.30. The first-order valence-electron chi connectivity index (χ1n) is 8.03. The fourth-order valence-electron chi connectivity index (χ4n) is 2.81. The van der Waals surface area contributed by atoms with Crippen LogP contribution < -0.4 is 4.74 Å². The molecule has 4 heteroatoms. The van der Waals surface area contributed by atoms with Crippen LogP contribution in [0.4, 0.5) is 0 Å². The average molecular weight is 300 g/mol. The van der Waals surface area contributed by atoms with Crippen molar-refractivity contribution in [2.75, 3.05) is 20.2 Å². The SMILES string of the molecule is COc1ccc(CCCCC(=O)N2CCC(C#N)CC2)cc1. The summed E-state index contributed by atoms with van der Waals surface area (Å²) in [4.78, 5) is 14.0. The number of carbonyl (C=O) groups is 1. The van der Waals surface area contributed by atoms with E-state index in [0.717, 1.165) is 50.9 Å². The largest absolute Gasteiger partial charge is 0.497 e. The predicted octanol–water partition coefficient (Wildman–Crippen LogP) is 3.17. The molecule has 0 radical (unpaired) electrons. The molecule has 1 amide bonds. The van der Waals surface area contributed by atoms with E-state index in [2.05, 4.69) is 18.2 Å². The molecule has 1 aliphatic rings. The van der Waals surface area contributed by atoms with E-state index >= 15 is 0 Å². The fraction of sp³-hybridized carbons (Fsp3) is 0.556. The summed E-state index contributed by atoms with van der Waals surface area (Å²) in [6.45, 7) is 1.49. The minimum Gasteiger partial charge on any atom is -0.497 e. The van der Waals surface area contributed by atoms with Gasteiger partial charge in [0.2, 0.25) is 5.91 Å². The van der Waals surface area contributed by atoms with Crippen molar-refractivity contribution in [2.45, 2.75) is 38.5 Å². The maximum atomic E-state index is 12.1. The van der Waals surface area contributed by atoms with Crippen LogP contribution in [0.1, 0.15) is 37.7 Å². The van der Waals surface area contributed by atoms with E-state index in [1.807, 2.05) is 17.0 Å². The molecule has 0 spiro atoms. The first-order chi connectivity index (χ1) is 10.7. The normalized spacial score (nSPS) is 15.4. The van der Waals surface area contributed by atoms with Crippen LogP contribution in [-0.2, 0) is 11.2 Å². The molecule has 0 atom stereocenters. The zero-order valence-electron chi connectivity index (χ0n) is 13.3. The molecule has 1 aromatic carbocycles. The molecule has 4 nitrogen and oxygen atoms in total. The van der Waals surface area contributed by atoms with Crippen molar-refractivity contribution in [3.63, 3.8) is 0 Å². The van der Waals surface area contributed by atoms with Crippen molar-refractivity contribution in [2.24, 2.45) is 5.92 Å². The van der Waals surface area contributed by atoms with Gasteiger partial charge in [0.25, 0.3) is 0 Å². The predicted molar refractivity (Wildman–Crippen MR) is 85.5 cm³/mol. The van der Waals surface area contributed by atoms with Crippen molar-refractivity contribution in [3.05, 3.63) is 29.8 Å². The van der Waals surface area contributed by atoms with Crippen LogP contribution in [0.15, 0.2) is 24.3 Å². The molecule has 0 saturated carbocycles. The number of rotatable bonds is 6. The van der Waals surface area contributed by atoms with Gasteiger partial charge in [-0.3, -0.25) is 4.79 Å². The summed E-state index contributed by atoms with van der Waals surface area (Å²) in [5.41, 5.74) is 1.28. The minimum absolute atomic E-state index is 0.138. The molecular formula is C18H24N2O2. The topological polar surface area (TPSA) is 53.3 Å². The smallest absolute Gasteiger partial charge is 0.222 e. The van der Waals surface area contributed by atoms with E-state index in [9.17, 15) is 4.79 Å². The van der Waals surface area contributed by atoms with Crippen molar-refractivity contribution in [3.8, 4) is 11.8 Å². The number of ether oxygens (including phenoxy) is 1. The molecule has 1 saturated heterocycles. The molecule has 118 valence electrons. The Hall–Kier alpha value is -2.02. The molecule has 0 N–H and O–H groups in total. The Bertz CT molecular complexity index is 511. The van der Waals surface area contributed by atoms with Crippen molar-refractivity contribution < 1.29 is 9.53 Å². The summed E-state index contributed by atoms with van der Waals surface area (Å²) < 4.78 is 5.14. The number of unbranched alkanes of at least 4 members (excludes halogenated alkanes) is 1. The molecular weight excluding hydrogens is 276 g/mol. The summed E-state index contributed by atoms with van der Waals surface area (Å²) in [6.07, 6.45) is 5.21. The van der Waals surface area contributed by atoms with Crippen molar-refractivity contribution in [1.82, 2.24) is 4.90 Å². The van der Waals surface area contributed by atoms with Gasteiger partial charge in [-0.2, -0.15) is 5.26 Å². The average Bonchev–Trinajstić information content (AvgIpc) is 2.59. The van der Waals surface area contributed by atoms with Crippen LogP contribution in [0.5, 0.6) is 5.75 Å². The summed E-state index contributed by atoms with van der Waals surface area (Å²) in [5, 5.41) is 8.87. The van der Waals surface area contributed by atoms with Gasteiger partial charge in [0.15, 0.2) is 0 Å². The number of aryl methyl sites for hydroxylation is 1. The van der Waals surface area contributed by atoms with Gasteiger partial charge in [-0.1, -0.05) is 12.1 Å². The summed E-state index contributed by atoms with van der Waals surface area (Å²) in [7, 11) is 1.67. The van der Waals surface area contributed by atoms with E-state index < -0.39 is 0 Å². The molecule has 1 aromatic rings. The first-order valence-corrected chi connectivity index (χ1v) is 8.03. The second-order valence-electron chi connectivity index (χ2n) is 5.84. The summed E-state index contributed by atoms with van der Waals surface area (Å²) in [6, 6.07) is 10.4. The second-order valence-corrected chi connectivity index (χ2v) is 5.84. The van der Waals surface area contributed by atoms with Gasteiger partial charge < -0.3 is 9.64 Å². The molecule has 2 rings (SSSR count). The van der Waals surface area contributed by atoms with Gasteiger partial charge in [0.1, 0.15) is 5.75 Å². The van der Waals surface area contributed by atoms with Gasteiger partial charge in [-0.05, 0) is 49.8 Å². The molecule has 1 heterocycles.